The molecule has 88 valence electrons. The molecule has 0 fully saturated rings. The van der Waals surface area contributed by atoms with Crippen LogP contribution in [-0.2, 0) is 31.5 Å². The monoisotopic (exact) mass is 243 g/mol. The highest BCUT2D eigenvalue weighted by Gasteiger charge is 2.30. The first kappa shape index (κ1) is 12.8. The van der Waals surface area contributed by atoms with Crippen molar-refractivity contribution in [2.24, 2.45) is 10.3 Å². The number of rotatable bonds is 3. The Labute approximate surface area is 99.0 Å². The molecule has 1 unspecified atom stereocenters. The highest BCUT2D eigenvalue weighted by atomic mass is 32.1. The average Bonchev–Trinajstić information content (AvgIpc) is 2.35. The summed E-state index contributed by atoms with van der Waals surface area (Å²) in [5.41, 5.74) is 0.932. The van der Waals surface area contributed by atoms with E-state index in [4.69, 9.17) is 0 Å². The molecule has 16 heavy (non-hydrogen) atoms. The molecule has 0 radical (unpaired) electrons. The number of methoxy groups -OCH3 is 2. The van der Waals surface area contributed by atoms with Gasteiger partial charge >= 0.3 is 11.9 Å². The molecule has 0 saturated heterocycles. The van der Waals surface area contributed by atoms with Crippen molar-refractivity contribution in [2.75, 3.05) is 14.2 Å². The lowest BCUT2D eigenvalue weighted by Crippen LogP contribution is -2.23. The number of carbonyl (C=O) groups is 2. The molecular weight excluding hydrogens is 230 g/mol. The van der Waals surface area contributed by atoms with Crippen molar-refractivity contribution < 1.29 is 19.1 Å². The average molecular weight is 243 g/mol. The third-order valence-corrected chi connectivity index (χ3v) is 2.83. The highest BCUT2D eigenvalue weighted by Crippen LogP contribution is 2.31. The molecule has 0 aromatic rings. The smallest absolute Gasteiger partial charge is 0.335 e. The summed E-state index contributed by atoms with van der Waals surface area (Å²) in [5, 5.41) is 0. The Morgan fingerprint density at radius 1 is 1.38 bits per heavy atom. The second-order valence-corrected chi connectivity index (χ2v) is 3.65. The molecule has 0 aromatic heterocycles. The maximum absolute atomic E-state index is 11.5. The van der Waals surface area contributed by atoms with Gasteiger partial charge in [-0.05, 0) is 19.3 Å². The summed E-state index contributed by atoms with van der Waals surface area (Å²) in [6, 6.07) is 0. The van der Waals surface area contributed by atoms with Crippen LogP contribution in [0.1, 0.15) is 19.3 Å². The van der Waals surface area contributed by atoms with Crippen LogP contribution in [0.5, 0.6) is 0 Å². The first-order valence-corrected chi connectivity index (χ1v) is 5.22. The quantitative estimate of drug-likeness (QED) is 0.695. The van der Waals surface area contributed by atoms with Crippen LogP contribution in [-0.4, -0.2) is 26.2 Å². The molecule has 0 aromatic carbocycles. The van der Waals surface area contributed by atoms with Crippen molar-refractivity contribution in [3.63, 3.8) is 0 Å². The first-order valence-electron chi connectivity index (χ1n) is 4.85. The summed E-state index contributed by atoms with van der Waals surface area (Å²) in [6.07, 6.45) is 1.39. The normalized spacial score (nSPS) is 20.2. The fraction of sp³-hybridized carbons (Fsp3) is 0.600. The minimum atomic E-state index is -0.475. The zero-order valence-electron chi connectivity index (χ0n) is 9.19. The van der Waals surface area contributed by atoms with Gasteiger partial charge in [-0.25, -0.2) is 4.79 Å². The fourth-order valence-electron chi connectivity index (χ4n) is 1.72. The Morgan fingerprint density at radius 2 is 2.06 bits per heavy atom. The summed E-state index contributed by atoms with van der Waals surface area (Å²) in [5.74, 6) is -1.10. The standard InChI is InChI=1S/C10H13NO4S/c1-14-9(12)6-3-4-8(11-16)7(5-6)10(13)15-2/h6H,3-5H2,1-2H3. The van der Waals surface area contributed by atoms with Gasteiger partial charge in [0.05, 0.1) is 31.4 Å². The van der Waals surface area contributed by atoms with Gasteiger partial charge in [-0.15, -0.1) is 0 Å². The summed E-state index contributed by atoms with van der Waals surface area (Å²) in [6.45, 7) is 0. The topological polar surface area (TPSA) is 65.0 Å². The van der Waals surface area contributed by atoms with Crippen LogP contribution in [0.4, 0.5) is 0 Å². The van der Waals surface area contributed by atoms with Crippen molar-refractivity contribution in [2.45, 2.75) is 19.3 Å². The number of ether oxygens (including phenoxy) is 2. The largest absolute Gasteiger partial charge is 0.469 e. The number of hydrogen-bond acceptors (Lipinski definition) is 6. The van der Waals surface area contributed by atoms with E-state index < -0.39 is 5.97 Å². The SMILES string of the molecule is COC(=O)C1=C(N=S)CCC(C(=O)OC)C1. The Balaban J connectivity index is 2.90. The van der Waals surface area contributed by atoms with Crippen LogP contribution in [0.15, 0.2) is 15.6 Å². The predicted molar refractivity (Wildman–Crippen MR) is 58.2 cm³/mol. The minimum absolute atomic E-state index is 0.287. The van der Waals surface area contributed by atoms with E-state index in [1.165, 1.54) is 14.2 Å². The maximum Gasteiger partial charge on any atom is 0.335 e. The number of allylic oxidation sites excluding steroid dienone is 1. The van der Waals surface area contributed by atoms with E-state index >= 15 is 0 Å². The van der Waals surface area contributed by atoms with Crippen molar-refractivity contribution in [1.82, 2.24) is 0 Å². The number of hydrogen-bond donors (Lipinski definition) is 0. The highest BCUT2D eigenvalue weighted by molar-refractivity contribution is 7.47. The van der Waals surface area contributed by atoms with E-state index in [-0.39, 0.29) is 18.3 Å². The van der Waals surface area contributed by atoms with Crippen LogP contribution in [0.25, 0.3) is 0 Å². The van der Waals surface area contributed by atoms with E-state index in [0.29, 0.717) is 24.1 Å². The van der Waals surface area contributed by atoms with Crippen molar-refractivity contribution in [3.05, 3.63) is 11.3 Å². The van der Waals surface area contributed by atoms with Gasteiger partial charge in [0.2, 0.25) is 0 Å². The molecule has 6 heteroatoms. The summed E-state index contributed by atoms with van der Waals surface area (Å²) < 4.78 is 12.9. The number of nitrogens with zero attached hydrogens (tertiary/aromatic N) is 1. The molecule has 5 nitrogen and oxygen atoms in total. The van der Waals surface area contributed by atoms with Crippen molar-refractivity contribution >= 4 is 24.4 Å². The summed E-state index contributed by atoms with van der Waals surface area (Å²) >= 11 is 4.59. The lowest BCUT2D eigenvalue weighted by atomic mass is 9.87. The van der Waals surface area contributed by atoms with E-state index in [1.807, 2.05) is 0 Å². The first-order chi connectivity index (χ1) is 7.63. The van der Waals surface area contributed by atoms with Crippen LogP contribution in [0.3, 0.4) is 0 Å². The van der Waals surface area contributed by atoms with Crippen molar-refractivity contribution in [1.29, 1.82) is 0 Å². The molecule has 0 N–H and O–H groups in total. The molecule has 1 aliphatic carbocycles. The lowest BCUT2D eigenvalue weighted by molar-refractivity contribution is -0.146. The van der Waals surface area contributed by atoms with Gasteiger partial charge in [0.25, 0.3) is 0 Å². The van der Waals surface area contributed by atoms with Gasteiger partial charge in [0.1, 0.15) is 0 Å². The maximum atomic E-state index is 11.5. The third-order valence-electron chi connectivity index (χ3n) is 2.60. The van der Waals surface area contributed by atoms with Crippen LogP contribution in [0.2, 0.25) is 0 Å². The molecule has 0 spiro atoms. The molecular formula is C10H13NO4S. The van der Waals surface area contributed by atoms with Gasteiger partial charge in [-0.2, -0.15) is 4.36 Å². The molecule has 1 aliphatic rings. The minimum Gasteiger partial charge on any atom is -0.469 e. The van der Waals surface area contributed by atoms with Gasteiger partial charge in [-0.3, -0.25) is 4.79 Å². The Bertz CT molecular complexity index is 351. The predicted octanol–water partition coefficient (Wildman–Crippen LogP) is 1.12. The Hall–Kier alpha value is -1.30. The van der Waals surface area contributed by atoms with Gasteiger partial charge in [0, 0.05) is 12.4 Å². The van der Waals surface area contributed by atoms with Crippen LogP contribution < -0.4 is 0 Å². The van der Waals surface area contributed by atoms with E-state index in [9.17, 15) is 9.59 Å². The molecule has 0 aliphatic heterocycles. The fourth-order valence-corrected chi connectivity index (χ4v) is 1.92. The van der Waals surface area contributed by atoms with Gasteiger partial charge in [-0.1, -0.05) is 0 Å². The lowest BCUT2D eigenvalue weighted by Gasteiger charge is -2.21. The zero-order chi connectivity index (χ0) is 12.1. The zero-order valence-corrected chi connectivity index (χ0v) is 10.0. The van der Waals surface area contributed by atoms with Crippen LogP contribution in [0, 0.1) is 5.92 Å². The molecule has 0 bridgehead atoms. The summed E-state index contributed by atoms with van der Waals surface area (Å²) in [7, 11) is 2.62. The second kappa shape index (κ2) is 5.69. The van der Waals surface area contributed by atoms with Gasteiger partial charge in [0.15, 0.2) is 0 Å². The Morgan fingerprint density at radius 3 is 2.56 bits per heavy atom. The van der Waals surface area contributed by atoms with Gasteiger partial charge < -0.3 is 9.47 Å². The number of esters is 2. The second-order valence-electron chi connectivity index (χ2n) is 3.47. The van der Waals surface area contributed by atoms with E-state index in [1.54, 1.807) is 0 Å². The van der Waals surface area contributed by atoms with Crippen LogP contribution >= 0.6 is 0 Å². The van der Waals surface area contributed by atoms with E-state index in [0.717, 1.165) is 0 Å². The molecule has 0 saturated carbocycles. The molecule has 1 rings (SSSR count). The summed E-state index contributed by atoms with van der Waals surface area (Å²) in [4.78, 5) is 22.8. The van der Waals surface area contributed by atoms with E-state index in [2.05, 4.69) is 26.3 Å². The molecule has 0 amide bonds. The molecule has 0 heterocycles. The van der Waals surface area contributed by atoms with Crippen molar-refractivity contribution in [3.8, 4) is 0 Å². The Kier molecular flexibility index (Phi) is 4.54. The number of carbonyl (C=O) groups excluding carboxylic acids is 2. The molecule has 1 atom stereocenters. The third kappa shape index (κ3) is 2.63.